The number of nitrogens with zero attached hydrogens (tertiary/aromatic N) is 1. The second-order valence-electron chi connectivity index (χ2n) is 9.52. The molecule has 2 N–H and O–H groups in total. The van der Waals surface area contributed by atoms with Crippen molar-refractivity contribution in [3.05, 3.63) is 77.4 Å². The number of amides is 2. The van der Waals surface area contributed by atoms with Crippen molar-refractivity contribution in [1.29, 1.82) is 0 Å². The highest BCUT2D eigenvalue weighted by molar-refractivity contribution is 6.85. The standard InChI is InChI=1S/C27H32N2O3Si/c1-19(30)28-18-20-6-4-8-23(16-20)21-12-14-29(15-13-21)27(31)24-11-10-22-7-5-9-26(25(22)17-24)33(2,3)32/h4-11,16-17,21,32H,12-15,18H2,1-3H3,(H,28,30). The summed E-state index contributed by atoms with van der Waals surface area (Å²) in [6.07, 6.45) is 1.84. The van der Waals surface area contributed by atoms with Gasteiger partial charge in [0.2, 0.25) is 14.2 Å². The van der Waals surface area contributed by atoms with Gasteiger partial charge in [-0.1, -0.05) is 48.5 Å². The largest absolute Gasteiger partial charge is 0.428 e. The zero-order chi connectivity index (χ0) is 23.6. The van der Waals surface area contributed by atoms with Gasteiger partial charge in [0.25, 0.3) is 5.91 Å². The Kier molecular flexibility index (Phi) is 6.67. The van der Waals surface area contributed by atoms with Gasteiger partial charge >= 0.3 is 0 Å². The van der Waals surface area contributed by atoms with Crippen molar-refractivity contribution in [2.24, 2.45) is 0 Å². The molecule has 6 heteroatoms. The summed E-state index contributed by atoms with van der Waals surface area (Å²) in [5.41, 5.74) is 3.06. The lowest BCUT2D eigenvalue weighted by atomic mass is 9.88. The number of hydrogen-bond donors (Lipinski definition) is 2. The quantitative estimate of drug-likeness (QED) is 0.568. The molecule has 0 atom stereocenters. The number of nitrogens with one attached hydrogen (secondary N) is 1. The number of rotatable bonds is 5. The molecular formula is C27H32N2O3Si. The molecule has 0 radical (unpaired) electrons. The second kappa shape index (κ2) is 9.49. The lowest BCUT2D eigenvalue weighted by Crippen LogP contribution is -2.42. The van der Waals surface area contributed by atoms with Gasteiger partial charge in [-0.15, -0.1) is 0 Å². The van der Waals surface area contributed by atoms with Crippen LogP contribution in [0, 0.1) is 0 Å². The minimum Gasteiger partial charge on any atom is -0.428 e. The molecule has 0 spiro atoms. The third-order valence-corrected chi connectivity index (χ3v) is 8.29. The summed E-state index contributed by atoms with van der Waals surface area (Å²) in [6, 6.07) is 20.2. The van der Waals surface area contributed by atoms with Crippen LogP contribution in [0.1, 0.15) is 47.2 Å². The Balaban J connectivity index is 1.46. The number of benzene rings is 3. The van der Waals surface area contributed by atoms with E-state index in [9.17, 15) is 14.4 Å². The minimum absolute atomic E-state index is 0.0297. The molecule has 1 heterocycles. The highest BCUT2D eigenvalue weighted by Gasteiger charge is 2.26. The van der Waals surface area contributed by atoms with Gasteiger partial charge < -0.3 is 15.0 Å². The van der Waals surface area contributed by atoms with Gasteiger partial charge in [0.15, 0.2) is 0 Å². The van der Waals surface area contributed by atoms with E-state index in [0.29, 0.717) is 18.0 Å². The van der Waals surface area contributed by atoms with Gasteiger partial charge in [-0.2, -0.15) is 0 Å². The lowest BCUT2D eigenvalue weighted by Gasteiger charge is -2.32. The molecule has 0 aliphatic carbocycles. The van der Waals surface area contributed by atoms with Crippen molar-refractivity contribution in [1.82, 2.24) is 10.2 Å². The van der Waals surface area contributed by atoms with Crippen LogP contribution in [0.2, 0.25) is 13.1 Å². The molecule has 4 rings (SSSR count). The van der Waals surface area contributed by atoms with E-state index < -0.39 is 8.32 Å². The molecule has 1 fully saturated rings. The van der Waals surface area contributed by atoms with Crippen molar-refractivity contribution >= 4 is 36.1 Å². The fraction of sp³-hybridized carbons (Fsp3) is 0.333. The van der Waals surface area contributed by atoms with Crippen LogP contribution >= 0.6 is 0 Å². The summed E-state index contributed by atoms with van der Waals surface area (Å²) in [6.45, 7) is 7.33. The number of likely N-dealkylation sites (tertiary alicyclic amines) is 1. The van der Waals surface area contributed by atoms with Crippen LogP contribution in [0.25, 0.3) is 10.8 Å². The molecule has 0 saturated carbocycles. The van der Waals surface area contributed by atoms with Crippen LogP contribution in [0.4, 0.5) is 0 Å². The van der Waals surface area contributed by atoms with Crippen molar-refractivity contribution in [3.63, 3.8) is 0 Å². The van der Waals surface area contributed by atoms with E-state index in [-0.39, 0.29) is 11.8 Å². The molecule has 0 aromatic heterocycles. The maximum absolute atomic E-state index is 13.3. The van der Waals surface area contributed by atoms with E-state index in [1.54, 1.807) is 0 Å². The molecule has 1 saturated heterocycles. The monoisotopic (exact) mass is 460 g/mol. The van der Waals surface area contributed by atoms with E-state index in [4.69, 9.17) is 0 Å². The first-order chi connectivity index (χ1) is 15.7. The number of piperidine rings is 1. The summed E-state index contributed by atoms with van der Waals surface area (Å²) < 4.78 is 0. The first kappa shape index (κ1) is 23.2. The molecule has 0 unspecified atom stereocenters. The molecule has 3 aromatic rings. The van der Waals surface area contributed by atoms with Crippen molar-refractivity contribution in [3.8, 4) is 0 Å². The molecule has 33 heavy (non-hydrogen) atoms. The van der Waals surface area contributed by atoms with Crippen LogP contribution in [-0.2, 0) is 11.3 Å². The van der Waals surface area contributed by atoms with Crippen LogP contribution < -0.4 is 10.5 Å². The highest BCUT2D eigenvalue weighted by Crippen LogP contribution is 2.29. The fourth-order valence-electron chi connectivity index (χ4n) is 4.72. The Morgan fingerprint density at radius 2 is 1.76 bits per heavy atom. The lowest BCUT2D eigenvalue weighted by molar-refractivity contribution is -0.119. The zero-order valence-corrected chi connectivity index (χ0v) is 20.6. The second-order valence-corrected chi connectivity index (χ2v) is 13.2. The predicted octanol–water partition coefficient (Wildman–Crippen LogP) is 3.90. The molecule has 3 aromatic carbocycles. The molecule has 1 aliphatic heterocycles. The average Bonchev–Trinajstić information content (AvgIpc) is 2.81. The SMILES string of the molecule is CC(=O)NCc1cccc(C2CCN(C(=O)c3ccc4cccc([Si](C)(C)O)c4c3)CC2)c1. The van der Waals surface area contributed by atoms with E-state index in [1.165, 1.54) is 12.5 Å². The number of carbonyl (C=O) groups excluding carboxylic acids is 2. The predicted molar refractivity (Wildman–Crippen MR) is 135 cm³/mol. The van der Waals surface area contributed by atoms with Crippen LogP contribution in [0.3, 0.4) is 0 Å². The number of carbonyl (C=O) groups is 2. The van der Waals surface area contributed by atoms with Gasteiger partial charge in [-0.05, 0) is 71.1 Å². The Hall–Kier alpha value is -2.96. The summed E-state index contributed by atoms with van der Waals surface area (Å²) >= 11 is 0. The topological polar surface area (TPSA) is 69.6 Å². The molecule has 0 bridgehead atoms. The first-order valence-corrected chi connectivity index (χ1v) is 14.6. The summed E-state index contributed by atoms with van der Waals surface area (Å²) in [7, 11) is -2.51. The Bertz CT molecular complexity index is 1180. The van der Waals surface area contributed by atoms with E-state index >= 15 is 0 Å². The zero-order valence-electron chi connectivity index (χ0n) is 19.6. The smallest absolute Gasteiger partial charge is 0.253 e. The Morgan fingerprint density at radius 1 is 1.03 bits per heavy atom. The van der Waals surface area contributed by atoms with Crippen LogP contribution in [-0.4, -0.2) is 42.9 Å². The summed E-state index contributed by atoms with van der Waals surface area (Å²) in [5.74, 6) is 0.440. The van der Waals surface area contributed by atoms with Crippen molar-refractivity contribution in [2.45, 2.75) is 45.3 Å². The van der Waals surface area contributed by atoms with Crippen LogP contribution in [0.5, 0.6) is 0 Å². The van der Waals surface area contributed by atoms with Crippen LogP contribution in [0.15, 0.2) is 60.7 Å². The highest BCUT2D eigenvalue weighted by atomic mass is 28.4. The van der Waals surface area contributed by atoms with Crippen molar-refractivity contribution in [2.75, 3.05) is 13.1 Å². The van der Waals surface area contributed by atoms with Gasteiger partial charge in [-0.3, -0.25) is 9.59 Å². The van der Waals surface area contributed by atoms with Crippen molar-refractivity contribution < 1.29 is 14.4 Å². The van der Waals surface area contributed by atoms with E-state index in [1.807, 2.05) is 66.5 Å². The maximum Gasteiger partial charge on any atom is 0.253 e. The fourth-order valence-corrected chi connectivity index (χ4v) is 6.10. The van der Waals surface area contributed by atoms with Gasteiger partial charge in [0.1, 0.15) is 0 Å². The van der Waals surface area contributed by atoms with E-state index in [0.717, 1.165) is 47.5 Å². The normalized spacial score (nSPS) is 15.0. The van der Waals surface area contributed by atoms with Gasteiger partial charge in [0, 0.05) is 32.1 Å². The maximum atomic E-state index is 13.3. The van der Waals surface area contributed by atoms with Gasteiger partial charge in [0.05, 0.1) is 0 Å². The summed E-state index contributed by atoms with van der Waals surface area (Å²) in [4.78, 5) is 37.1. The summed E-state index contributed by atoms with van der Waals surface area (Å²) in [5, 5.41) is 5.85. The van der Waals surface area contributed by atoms with E-state index in [2.05, 4.69) is 17.4 Å². The molecule has 2 amide bonds. The number of fused-ring (bicyclic) bond motifs is 1. The molecule has 5 nitrogen and oxygen atoms in total. The minimum atomic E-state index is -2.51. The number of hydrogen-bond acceptors (Lipinski definition) is 3. The molecule has 172 valence electrons. The Morgan fingerprint density at radius 3 is 2.45 bits per heavy atom. The molecular weight excluding hydrogens is 428 g/mol. The molecule has 1 aliphatic rings. The average molecular weight is 461 g/mol. The van der Waals surface area contributed by atoms with Gasteiger partial charge in [-0.25, -0.2) is 0 Å². The Labute approximate surface area is 196 Å². The third kappa shape index (κ3) is 5.34. The third-order valence-electron chi connectivity index (χ3n) is 6.53. The first-order valence-electron chi connectivity index (χ1n) is 11.6.